The molecule has 1 atom stereocenters. The molecule has 0 aromatic carbocycles. The summed E-state index contributed by atoms with van der Waals surface area (Å²) >= 11 is 2.71. The predicted octanol–water partition coefficient (Wildman–Crippen LogP) is -1.27. The molecular formula is C4H7BrNNaO. The number of nitriles is 1. The summed E-state index contributed by atoms with van der Waals surface area (Å²) in [5.74, 6) is 0. The Morgan fingerprint density at radius 1 is 2.00 bits per heavy atom. The van der Waals surface area contributed by atoms with Gasteiger partial charge in [-0.3, -0.25) is 3.83 Å². The zero-order chi connectivity index (χ0) is 5.70. The zero-order valence-electron chi connectivity index (χ0n) is 6.02. The summed E-state index contributed by atoms with van der Waals surface area (Å²) in [6.07, 6.45) is 0.432. The third-order valence-corrected chi connectivity index (χ3v) is 1.07. The van der Waals surface area contributed by atoms with Gasteiger partial charge in [-0.2, -0.15) is 5.26 Å². The van der Waals surface area contributed by atoms with E-state index in [2.05, 4.69) is 20.1 Å². The van der Waals surface area contributed by atoms with Crippen LogP contribution in [0, 0.1) is 11.3 Å². The van der Waals surface area contributed by atoms with Crippen molar-refractivity contribution in [3.8, 4) is 6.07 Å². The molecule has 0 heterocycles. The molecule has 0 aliphatic carbocycles. The minimum absolute atomic E-state index is 0. The first-order valence-corrected chi connectivity index (χ1v) is 2.67. The monoisotopic (exact) mass is 187 g/mol. The number of hydrogen-bond donors (Lipinski definition) is 0. The molecule has 0 rings (SSSR count). The topological polar surface area (TPSA) is 33.0 Å². The predicted molar refractivity (Wildman–Crippen MR) is 30.8 cm³/mol. The van der Waals surface area contributed by atoms with E-state index in [1.165, 1.54) is 0 Å². The average Bonchev–Trinajstić information content (AvgIpc) is 1.72. The Kier molecular flexibility index (Phi) is 11.6. The van der Waals surface area contributed by atoms with Crippen LogP contribution in [-0.2, 0) is 3.83 Å². The van der Waals surface area contributed by atoms with Crippen LogP contribution in [0.5, 0.6) is 0 Å². The molecule has 42 valence electrons. The minimum atomic E-state index is -0.292. The first-order chi connectivity index (χ1) is 3.35. The van der Waals surface area contributed by atoms with Gasteiger partial charge in [0.05, 0.1) is 6.07 Å². The van der Waals surface area contributed by atoms with Gasteiger partial charge >= 0.3 is 29.6 Å². The Balaban J connectivity index is -0.000000180. The van der Waals surface area contributed by atoms with Gasteiger partial charge in [0, 0.05) is 0 Å². The molecule has 0 bridgehead atoms. The Hall–Kier alpha value is 0.930. The van der Waals surface area contributed by atoms with Gasteiger partial charge in [-0.15, -0.1) is 0 Å². The van der Waals surface area contributed by atoms with Crippen molar-refractivity contribution in [1.29, 1.82) is 5.26 Å². The van der Waals surface area contributed by atoms with Crippen LogP contribution < -0.4 is 29.6 Å². The van der Waals surface area contributed by atoms with Crippen LogP contribution in [0.4, 0.5) is 0 Å². The van der Waals surface area contributed by atoms with Gasteiger partial charge < -0.3 is 1.43 Å². The van der Waals surface area contributed by atoms with E-state index in [1.54, 1.807) is 0 Å². The summed E-state index contributed by atoms with van der Waals surface area (Å²) in [6, 6.07) is 1.93. The number of hydrogen-bond acceptors (Lipinski definition) is 2. The fraction of sp³-hybridized carbons (Fsp3) is 0.750. The molecule has 0 aliphatic rings. The molecule has 0 radical (unpaired) electrons. The van der Waals surface area contributed by atoms with E-state index in [-0.39, 0.29) is 37.1 Å². The molecule has 4 heteroatoms. The SMILES string of the molecule is CCC(C#N)OBr.[H-].[Na+]. The molecule has 0 aromatic rings. The van der Waals surface area contributed by atoms with E-state index in [0.717, 1.165) is 6.42 Å². The van der Waals surface area contributed by atoms with Crippen LogP contribution in [0.3, 0.4) is 0 Å². The molecule has 8 heavy (non-hydrogen) atoms. The van der Waals surface area contributed by atoms with E-state index in [1.807, 2.05) is 13.0 Å². The maximum absolute atomic E-state index is 8.12. The van der Waals surface area contributed by atoms with Crippen LogP contribution in [0.1, 0.15) is 14.8 Å². The third-order valence-electron chi connectivity index (χ3n) is 0.622. The number of nitrogens with zero attached hydrogens (tertiary/aromatic N) is 1. The van der Waals surface area contributed by atoms with Crippen molar-refractivity contribution in [2.75, 3.05) is 0 Å². The van der Waals surface area contributed by atoms with Crippen molar-refractivity contribution in [2.45, 2.75) is 19.4 Å². The van der Waals surface area contributed by atoms with Gasteiger partial charge in [-0.05, 0) is 6.42 Å². The Bertz CT molecular complexity index is 83.1. The summed E-state index contributed by atoms with van der Waals surface area (Å²) in [5.41, 5.74) is 0. The van der Waals surface area contributed by atoms with E-state index in [4.69, 9.17) is 5.26 Å². The molecule has 0 spiro atoms. The van der Waals surface area contributed by atoms with Crippen molar-refractivity contribution in [1.82, 2.24) is 0 Å². The molecule has 0 aromatic heterocycles. The normalized spacial score (nSPS) is 11.1. The number of rotatable bonds is 2. The fourth-order valence-electron chi connectivity index (χ4n) is 0.174. The first kappa shape index (κ1) is 11.7. The third kappa shape index (κ3) is 5.07. The van der Waals surface area contributed by atoms with Crippen molar-refractivity contribution >= 4 is 16.3 Å². The molecule has 1 unspecified atom stereocenters. The van der Waals surface area contributed by atoms with Crippen molar-refractivity contribution in [2.24, 2.45) is 0 Å². The number of halogens is 1. The van der Waals surface area contributed by atoms with Crippen molar-refractivity contribution < 1.29 is 34.8 Å². The molecule has 2 nitrogen and oxygen atoms in total. The van der Waals surface area contributed by atoms with Crippen LogP contribution in [0.2, 0.25) is 0 Å². The molecule has 0 fully saturated rings. The summed E-state index contributed by atoms with van der Waals surface area (Å²) in [7, 11) is 0. The molecule has 0 N–H and O–H groups in total. The van der Waals surface area contributed by atoms with Crippen LogP contribution in [0.25, 0.3) is 0 Å². The summed E-state index contributed by atoms with van der Waals surface area (Å²) in [4.78, 5) is 0. The summed E-state index contributed by atoms with van der Waals surface area (Å²) in [6.45, 7) is 1.88. The van der Waals surface area contributed by atoms with Gasteiger partial charge in [0.2, 0.25) is 0 Å². The molecule has 0 aliphatic heterocycles. The van der Waals surface area contributed by atoms with E-state index in [9.17, 15) is 0 Å². The molecule has 0 saturated heterocycles. The molecule has 0 amide bonds. The van der Waals surface area contributed by atoms with Crippen LogP contribution >= 0.6 is 16.3 Å². The first-order valence-electron chi connectivity index (χ1n) is 2.02. The quantitative estimate of drug-likeness (QED) is 0.506. The largest absolute Gasteiger partial charge is 1.00 e. The van der Waals surface area contributed by atoms with Crippen LogP contribution in [0.15, 0.2) is 0 Å². The van der Waals surface area contributed by atoms with Crippen molar-refractivity contribution in [3.05, 3.63) is 0 Å². The minimum Gasteiger partial charge on any atom is -1.00 e. The van der Waals surface area contributed by atoms with Gasteiger partial charge in [0.1, 0.15) is 16.3 Å². The standard InChI is InChI=1S/C4H6BrNO.Na.H/c1-2-4(3-6)7-5;;/h4H,2H2,1H3;;/q;+1;-1. The Morgan fingerprint density at radius 2 is 2.50 bits per heavy atom. The van der Waals surface area contributed by atoms with E-state index < -0.39 is 0 Å². The maximum Gasteiger partial charge on any atom is 1.00 e. The van der Waals surface area contributed by atoms with Gasteiger partial charge in [0.15, 0.2) is 6.10 Å². The zero-order valence-corrected chi connectivity index (χ0v) is 8.60. The molecular weight excluding hydrogens is 181 g/mol. The Labute approximate surface area is 81.4 Å². The second-order valence-corrected chi connectivity index (χ2v) is 1.49. The summed E-state index contributed by atoms with van der Waals surface area (Å²) < 4.78 is 4.50. The molecule has 0 saturated carbocycles. The van der Waals surface area contributed by atoms with Crippen LogP contribution in [-0.4, -0.2) is 6.10 Å². The van der Waals surface area contributed by atoms with Gasteiger partial charge in [-0.25, -0.2) is 0 Å². The van der Waals surface area contributed by atoms with E-state index >= 15 is 0 Å². The van der Waals surface area contributed by atoms with Gasteiger partial charge in [0.25, 0.3) is 0 Å². The summed E-state index contributed by atoms with van der Waals surface area (Å²) in [5, 5.41) is 8.12. The smallest absolute Gasteiger partial charge is 1.00 e. The second kappa shape index (κ2) is 7.93. The second-order valence-electron chi connectivity index (χ2n) is 1.12. The maximum atomic E-state index is 8.12. The van der Waals surface area contributed by atoms with Crippen molar-refractivity contribution in [3.63, 3.8) is 0 Å². The fourth-order valence-corrected chi connectivity index (χ4v) is 0.522. The van der Waals surface area contributed by atoms with Gasteiger partial charge in [-0.1, -0.05) is 6.92 Å². The van der Waals surface area contributed by atoms with E-state index in [0.29, 0.717) is 0 Å². The average molecular weight is 188 g/mol. The Morgan fingerprint density at radius 3 is 2.50 bits per heavy atom.